The minimum Gasteiger partial charge on any atom is -0.482 e. The zero-order valence-electron chi connectivity index (χ0n) is 15.6. The summed E-state index contributed by atoms with van der Waals surface area (Å²) < 4.78 is 9.71. The number of methoxy groups -OCH3 is 1. The molecule has 0 atom stereocenters. The van der Waals surface area contributed by atoms with Crippen LogP contribution in [0.2, 0.25) is 0 Å². The molecule has 2 aromatic carbocycles. The van der Waals surface area contributed by atoms with Crippen molar-refractivity contribution in [1.29, 1.82) is 0 Å². The molecule has 8 heteroatoms. The van der Waals surface area contributed by atoms with E-state index in [1.165, 1.54) is 13.3 Å². The first-order valence-corrected chi connectivity index (χ1v) is 8.45. The Labute approximate surface area is 162 Å². The molecule has 2 amide bonds. The van der Waals surface area contributed by atoms with Gasteiger partial charge in [0.25, 0.3) is 0 Å². The Morgan fingerprint density at radius 3 is 2.43 bits per heavy atom. The topological polar surface area (TPSA) is 106 Å². The highest BCUT2D eigenvalue weighted by Gasteiger charge is 2.09. The number of benzene rings is 2. The zero-order chi connectivity index (χ0) is 20.4. The van der Waals surface area contributed by atoms with Crippen molar-refractivity contribution in [2.24, 2.45) is 5.10 Å². The number of carbonyl (C=O) groups excluding carboxylic acids is 3. The normalized spacial score (nSPS) is 10.4. The second kappa shape index (κ2) is 10.5. The molecule has 146 valence electrons. The van der Waals surface area contributed by atoms with Gasteiger partial charge in [0, 0.05) is 5.69 Å². The van der Waals surface area contributed by atoms with Gasteiger partial charge in [0.2, 0.25) is 11.8 Å². The molecule has 2 N–H and O–H groups in total. The summed E-state index contributed by atoms with van der Waals surface area (Å²) in [4.78, 5) is 34.7. The van der Waals surface area contributed by atoms with Gasteiger partial charge in [0.05, 0.1) is 13.3 Å². The fourth-order valence-electron chi connectivity index (χ4n) is 2.12. The molecule has 8 nitrogen and oxygen atoms in total. The number of hydrogen-bond acceptors (Lipinski definition) is 6. The lowest BCUT2D eigenvalue weighted by molar-refractivity contribution is -0.143. The molecule has 0 saturated carbocycles. The lowest BCUT2D eigenvalue weighted by Crippen LogP contribution is -2.24. The molecule has 0 aromatic heterocycles. The summed E-state index contributed by atoms with van der Waals surface area (Å²) in [5.74, 6) is -0.922. The highest BCUT2D eigenvalue weighted by atomic mass is 16.6. The van der Waals surface area contributed by atoms with Gasteiger partial charge in [-0.15, -0.1) is 0 Å². The molecule has 0 aliphatic heterocycles. The van der Waals surface area contributed by atoms with Crippen molar-refractivity contribution in [2.45, 2.75) is 13.3 Å². The third-order valence-corrected chi connectivity index (χ3v) is 3.61. The van der Waals surface area contributed by atoms with E-state index < -0.39 is 17.8 Å². The van der Waals surface area contributed by atoms with Crippen LogP contribution in [0.15, 0.2) is 53.6 Å². The minimum atomic E-state index is -0.527. The Bertz CT molecular complexity index is 862. The monoisotopic (exact) mass is 383 g/mol. The fraction of sp³-hybridized carbons (Fsp3) is 0.200. The van der Waals surface area contributed by atoms with Crippen molar-refractivity contribution in [2.75, 3.05) is 19.0 Å². The van der Waals surface area contributed by atoms with E-state index in [9.17, 15) is 14.4 Å². The largest absolute Gasteiger partial charge is 0.482 e. The third kappa shape index (κ3) is 6.91. The second-order valence-corrected chi connectivity index (χ2v) is 5.77. The van der Waals surface area contributed by atoms with E-state index in [-0.39, 0.29) is 13.0 Å². The van der Waals surface area contributed by atoms with Crippen LogP contribution in [0.4, 0.5) is 5.69 Å². The summed E-state index contributed by atoms with van der Waals surface area (Å²) in [6.45, 7) is 1.69. The third-order valence-electron chi connectivity index (χ3n) is 3.61. The van der Waals surface area contributed by atoms with Gasteiger partial charge in [-0.25, -0.2) is 10.2 Å². The van der Waals surface area contributed by atoms with Crippen LogP contribution in [0, 0.1) is 6.92 Å². The standard InChI is InChI=1S/C20H21N3O5/c1-14-5-3-4-6-17(14)22-18(24)11-19(25)23-21-12-15-7-9-16(10-8-15)28-13-20(26)27-2/h3-10,12H,11,13H2,1-2H3,(H,22,24)(H,23,25). The number of aryl methyl sites for hydroxylation is 1. The van der Waals surface area contributed by atoms with Gasteiger partial charge in [0.15, 0.2) is 6.61 Å². The van der Waals surface area contributed by atoms with E-state index in [4.69, 9.17) is 4.74 Å². The Morgan fingerprint density at radius 1 is 1.04 bits per heavy atom. The molecule has 0 unspecified atom stereocenters. The number of anilines is 1. The van der Waals surface area contributed by atoms with E-state index in [0.29, 0.717) is 17.0 Å². The van der Waals surface area contributed by atoms with Crippen LogP contribution >= 0.6 is 0 Å². The van der Waals surface area contributed by atoms with E-state index in [1.54, 1.807) is 36.4 Å². The average Bonchev–Trinajstić information content (AvgIpc) is 2.68. The number of nitrogens with one attached hydrogen (secondary N) is 2. The zero-order valence-corrected chi connectivity index (χ0v) is 15.6. The molecular formula is C20H21N3O5. The molecule has 0 heterocycles. The Morgan fingerprint density at radius 2 is 1.75 bits per heavy atom. The minimum absolute atomic E-state index is 0.176. The first-order valence-electron chi connectivity index (χ1n) is 8.45. The maximum atomic E-state index is 11.9. The molecule has 0 radical (unpaired) electrons. The average molecular weight is 383 g/mol. The van der Waals surface area contributed by atoms with Crippen molar-refractivity contribution in [1.82, 2.24) is 5.43 Å². The molecule has 0 fully saturated rings. The Hall–Kier alpha value is -3.68. The SMILES string of the molecule is COC(=O)COc1ccc(C=NNC(=O)CC(=O)Nc2ccccc2C)cc1. The van der Waals surface area contributed by atoms with Gasteiger partial charge >= 0.3 is 5.97 Å². The van der Waals surface area contributed by atoms with Gasteiger partial charge in [-0.1, -0.05) is 18.2 Å². The van der Waals surface area contributed by atoms with E-state index in [2.05, 4.69) is 20.6 Å². The van der Waals surface area contributed by atoms with E-state index in [1.807, 2.05) is 19.1 Å². The van der Waals surface area contributed by atoms with Gasteiger partial charge in [-0.2, -0.15) is 5.10 Å². The van der Waals surface area contributed by atoms with Crippen molar-refractivity contribution in [3.63, 3.8) is 0 Å². The van der Waals surface area contributed by atoms with Crippen LogP contribution < -0.4 is 15.5 Å². The molecule has 2 rings (SSSR count). The molecule has 2 aromatic rings. The van der Waals surface area contributed by atoms with Crippen LogP contribution in [0.25, 0.3) is 0 Å². The van der Waals surface area contributed by atoms with E-state index >= 15 is 0 Å². The molecule has 0 aliphatic rings. The maximum Gasteiger partial charge on any atom is 0.343 e. The first-order chi connectivity index (χ1) is 13.5. The molecular weight excluding hydrogens is 362 g/mol. The number of carbonyl (C=O) groups is 3. The van der Waals surface area contributed by atoms with Gasteiger partial charge in [0.1, 0.15) is 12.2 Å². The lowest BCUT2D eigenvalue weighted by atomic mass is 10.2. The van der Waals surface area contributed by atoms with Crippen molar-refractivity contribution in [3.05, 3.63) is 59.7 Å². The van der Waals surface area contributed by atoms with Gasteiger partial charge in [-0.3, -0.25) is 9.59 Å². The smallest absolute Gasteiger partial charge is 0.343 e. The summed E-state index contributed by atoms with van der Waals surface area (Å²) in [6.07, 6.45) is 1.09. The summed E-state index contributed by atoms with van der Waals surface area (Å²) in [5, 5.41) is 6.50. The molecule has 0 spiro atoms. The number of amides is 2. The summed E-state index contributed by atoms with van der Waals surface area (Å²) in [6, 6.07) is 14.0. The van der Waals surface area contributed by atoms with E-state index in [0.717, 1.165) is 5.56 Å². The lowest BCUT2D eigenvalue weighted by Gasteiger charge is -2.07. The van der Waals surface area contributed by atoms with Crippen LogP contribution in [0.1, 0.15) is 17.5 Å². The predicted molar refractivity (Wildman–Crippen MR) is 104 cm³/mol. The second-order valence-electron chi connectivity index (χ2n) is 5.77. The highest BCUT2D eigenvalue weighted by Crippen LogP contribution is 2.13. The summed E-state index contributed by atoms with van der Waals surface area (Å²) >= 11 is 0. The van der Waals surface area contributed by atoms with Crippen LogP contribution in [-0.4, -0.2) is 37.7 Å². The number of hydrogen-bond donors (Lipinski definition) is 2. The number of para-hydroxylation sites is 1. The van der Waals surface area contributed by atoms with Crippen molar-refractivity contribution < 1.29 is 23.9 Å². The molecule has 0 bridgehead atoms. The number of hydrazone groups is 1. The molecule has 0 saturated heterocycles. The number of esters is 1. The summed E-state index contributed by atoms with van der Waals surface area (Å²) in [5.41, 5.74) is 4.58. The number of nitrogens with zero attached hydrogens (tertiary/aromatic N) is 1. The first kappa shape index (κ1) is 20.6. The number of rotatable bonds is 8. The van der Waals surface area contributed by atoms with Crippen molar-refractivity contribution in [3.8, 4) is 5.75 Å². The Balaban J connectivity index is 1.77. The quantitative estimate of drug-likeness (QED) is 0.314. The Kier molecular flexibility index (Phi) is 7.71. The fourth-order valence-corrected chi connectivity index (χ4v) is 2.12. The van der Waals surface area contributed by atoms with Crippen LogP contribution in [-0.2, 0) is 19.1 Å². The molecule has 0 aliphatic carbocycles. The molecule has 28 heavy (non-hydrogen) atoms. The maximum absolute atomic E-state index is 11.9. The van der Waals surface area contributed by atoms with Gasteiger partial charge in [-0.05, 0) is 48.4 Å². The highest BCUT2D eigenvalue weighted by molar-refractivity contribution is 6.04. The van der Waals surface area contributed by atoms with Crippen molar-refractivity contribution >= 4 is 29.7 Å². The number of ether oxygens (including phenoxy) is 2. The summed E-state index contributed by atoms with van der Waals surface area (Å²) in [7, 11) is 1.28. The predicted octanol–water partition coefficient (Wildman–Crippen LogP) is 2.03. The van der Waals surface area contributed by atoms with Crippen LogP contribution in [0.3, 0.4) is 0 Å². The van der Waals surface area contributed by atoms with Crippen LogP contribution in [0.5, 0.6) is 5.75 Å². The van der Waals surface area contributed by atoms with Gasteiger partial charge < -0.3 is 14.8 Å².